The Hall–Kier alpha value is -2.29. The predicted octanol–water partition coefficient (Wildman–Crippen LogP) is 11.5. The summed E-state index contributed by atoms with van der Waals surface area (Å²) in [5.74, 6) is -0.997. The maximum absolute atomic E-state index is 12.4. The van der Waals surface area contributed by atoms with Gasteiger partial charge in [-0.3, -0.25) is 14.1 Å². The molecule has 53 heavy (non-hydrogen) atoms. The lowest BCUT2D eigenvalue weighted by Gasteiger charge is -2.18. The Kier molecular flexibility index (Phi) is 36.4. The Balaban J connectivity index is 4.10. The third-order valence-corrected chi connectivity index (χ3v) is 9.07. The van der Waals surface area contributed by atoms with Gasteiger partial charge in [0.05, 0.1) is 12.7 Å². The van der Waals surface area contributed by atoms with E-state index in [0.717, 1.165) is 32.1 Å². The summed E-state index contributed by atoms with van der Waals surface area (Å²) < 4.78 is 26.3. The number of unbranched alkanes of at least 4 members (excludes halogenated alkanes) is 17. The van der Waals surface area contributed by atoms with E-state index in [-0.39, 0.29) is 19.4 Å². The largest absolute Gasteiger partial charge is 0.469 e. The van der Waals surface area contributed by atoms with E-state index in [1.165, 1.54) is 83.5 Å². The molecule has 306 valence electrons. The second kappa shape index (κ2) is 38.0. The van der Waals surface area contributed by atoms with E-state index in [1.807, 2.05) is 36.5 Å². The Bertz CT molecular complexity index is 1060. The molecule has 0 fully saturated rings. The van der Waals surface area contributed by atoms with E-state index in [1.54, 1.807) is 6.08 Å². The van der Waals surface area contributed by atoms with E-state index >= 15 is 0 Å². The van der Waals surface area contributed by atoms with Crippen LogP contribution in [0.4, 0.5) is 0 Å². The zero-order valence-electron chi connectivity index (χ0n) is 33.3. The number of carbonyl (C=O) groups is 2. The summed E-state index contributed by atoms with van der Waals surface area (Å²) >= 11 is 0. The van der Waals surface area contributed by atoms with Gasteiger partial charge in [-0.2, -0.15) is 0 Å². The molecule has 0 aromatic rings. The fourth-order valence-electron chi connectivity index (χ4n) is 5.44. The van der Waals surface area contributed by atoms with E-state index < -0.39 is 38.6 Å². The molecule has 0 radical (unpaired) electrons. The van der Waals surface area contributed by atoms with Crippen LogP contribution in [0.15, 0.2) is 60.8 Å². The Morgan fingerprint density at radius 1 is 0.585 bits per heavy atom. The van der Waals surface area contributed by atoms with Gasteiger partial charge >= 0.3 is 19.8 Å². The molecule has 0 amide bonds. The minimum absolute atomic E-state index is 0.101. The number of hydrogen-bond acceptors (Lipinski definition) is 7. The van der Waals surface area contributed by atoms with Gasteiger partial charge in [-0.1, -0.05) is 152 Å². The minimum atomic E-state index is -4.79. The van der Waals surface area contributed by atoms with Crippen molar-refractivity contribution in [3.8, 4) is 0 Å². The lowest BCUT2D eigenvalue weighted by atomic mass is 10.1. The number of phosphoric acid groups is 1. The molecule has 9 nitrogen and oxygen atoms in total. The van der Waals surface area contributed by atoms with Crippen LogP contribution in [0, 0.1) is 0 Å². The van der Waals surface area contributed by atoms with E-state index in [9.17, 15) is 19.3 Å². The molecule has 0 spiro atoms. The van der Waals surface area contributed by atoms with Crippen LogP contribution >= 0.6 is 7.82 Å². The molecule has 0 aliphatic rings. The molecule has 0 saturated heterocycles. The highest BCUT2D eigenvalue weighted by atomic mass is 31.2. The zero-order valence-corrected chi connectivity index (χ0v) is 34.2. The average Bonchev–Trinajstić information content (AvgIpc) is 3.12. The monoisotopic (exact) mass is 767 g/mol. The van der Waals surface area contributed by atoms with Crippen molar-refractivity contribution in [3.05, 3.63) is 60.8 Å². The average molecular weight is 767 g/mol. The number of phosphoric ester groups is 1. The standard InChI is InChI=1S/C43H75O9P/c1-3-5-7-9-11-12-13-14-15-16-17-18-19-20-24-28-32-36-42(45)50-38-41(39-51-53(47,48)49)52-43(46)37-33-29-25-22-21-23-27-31-35-40(44)34-30-26-10-8-6-4-2/h14-15,22-23,25-27,30-31,35,40-41,44H,3-13,16-21,24,28-29,32-34,36-39H2,1-2H3,(H2,47,48,49)/b15-14-,25-22-,27-23-,30-26-,35-31+/t40-,41+/m0/s1. The number of rotatable bonds is 37. The molecule has 0 aliphatic carbocycles. The van der Waals surface area contributed by atoms with Crippen LogP contribution in [0.5, 0.6) is 0 Å². The molecular formula is C43H75O9P. The first-order valence-electron chi connectivity index (χ1n) is 20.7. The molecule has 0 aromatic heterocycles. The topological polar surface area (TPSA) is 140 Å². The van der Waals surface area contributed by atoms with Gasteiger partial charge in [0.15, 0.2) is 6.10 Å². The molecule has 3 N–H and O–H groups in total. The van der Waals surface area contributed by atoms with Gasteiger partial charge in [-0.25, -0.2) is 4.57 Å². The fourth-order valence-corrected chi connectivity index (χ4v) is 5.80. The minimum Gasteiger partial charge on any atom is -0.462 e. The summed E-state index contributed by atoms with van der Waals surface area (Å²) in [5.41, 5.74) is 0. The third-order valence-electron chi connectivity index (χ3n) is 8.59. The number of allylic oxidation sites excluding steroid dienone is 8. The molecule has 0 aromatic carbocycles. The van der Waals surface area contributed by atoms with Gasteiger partial charge in [0.25, 0.3) is 0 Å². The first-order chi connectivity index (χ1) is 25.7. The van der Waals surface area contributed by atoms with Crippen molar-refractivity contribution < 1.29 is 43.0 Å². The molecule has 2 atom stereocenters. The maximum Gasteiger partial charge on any atom is 0.469 e. The molecule has 0 unspecified atom stereocenters. The molecule has 0 saturated carbocycles. The summed E-state index contributed by atoms with van der Waals surface area (Å²) in [6.45, 7) is 3.53. The van der Waals surface area contributed by atoms with Gasteiger partial charge in [0, 0.05) is 12.8 Å². The number of aliphatic hydroxyl groups is 1. The quantitative estimate of drug-likeness (QED) is 0.0185. The lowest BCUT2D eigenvalue weighted by Crippen LogP contribution is -2.29. The van der Waals surface area contributed by atoms with Crippen molar-refractivity contribution in [1.82, 2.24) is 0 Å². The SMILES string of the molecule is CCCCC/C=C\C[C@H](O)/C=C/C=C\C/C=C\CCCC(=O)O[C@H](COC(=O)CCCCCCCCC/C=C\CCCCCCCC)COP(=O)(O)O. The molecule has 0 bridgehead atoms. The summed E-state index contributed by atoms with van der Waals surface area (Å²) in [5, 5.41) is 9.99. The van der Waals surface area contributed by atoms with E-state index in [0.29, 0.717) is 32.1 Å². The van der Waals surface area contributed by atoms with Crippen LogP contribution in [-0.2, 0) is 28.2 Å². The van der Waals surface area contributed by atoms with Gasteiger partial charge < -0.3 is 24.4 Å². The van der Waals surface area contributed by atoms with Gasteiger partial charge in [0.1, 0.15) is 6.61 Å². The Labute approximate surface area is 322 Å². The van der Waals surface area contributed by atoms with Crippen molar-refractivity contribution in [1.29, 1.82) is 0 Å². The third kappa shape index (κ3) is 40.7. The van der Waals surface area contributed by atoms with E-state index in [2.05, 4.69) is 36.6 Å². The van der Waals surface area contributed by atoms with Crippen LogP contribution in [-0.4, -0.2) is 52.3 Å². The van der Waals surface area contributed by atoms with Crippen molar-refractivity contribution >= 4 is 19.8 Å². The molecule has 10 heteroatoms. The van der Waals surface area contributed by atoms with Crippen LogP contribution in [0.1, 0.15) is 174 Å². The van der Waals surface area contributed by atoms with Crippen molar-refractivity contribution in [2.75, 3.05) is 13.2 Å². The number of hydrogen-bond donors (Lipinski definition) is 3. The van der Waals surface area contributed by atoms with Gasteiger partial charge in [-0.05, 0) is 70.6 Å². The number of ether oxygens (including phenoxy) is 2. The highest BCUT2D eigenvalue weighted by molar-refractivity contribution is 7.46. The fraction of sp³-hybridized carbons (Fsp3) is 0.721. The van der Waals surface area contributed by atoms with Crippen LogP contribution in [0.2, 0.25) is 0 Å². The summed E-state index contributed by atoms with van der Waals surface area (Å²) in [6.07, 6.45) is 44.0. The molecule has 0 rings (SSSR count). The second-order valence-corrected chi connectivity index (χ2v) is 15.0. The number of esters is 2. The smallest absolute Gasteiger partial charge is 0.462 e. The van der Waals surface area contributed by atoms with Crippen molar-refractivity contribution in [2.24, 2.45) is 0 Å². The van der Waals surface area contributed by atoms with E-state index in [4.69, 9.17) is 19.3 Å². The molecule has 0 aliphatic heterocycles. The zero-order chi connectivity index (χ0) is 39.1. The Morgan fingerprint density at radius 2 is 1.09 bits per heavy atom. The number of aliphatic hydroxyl groups excluding tert-OH is 1. The normalized spacial score (nSPS) is 13.7. The Morgan fingerprint density at radius 3 is 1.74 bits per heavy atom. The first-order valence-corrected chi connectivity index (χ1v) is 22.2. The number of carbonyl (C=O) groups excluding carboxylic acids is 2. The van der Waals surface area contributed by atoms with Crippen LogP contribution in [0.3, 0.4) is 0 Å². The summed E-state index contributed by atoms with van der Waals surface area (Å²) in [4.78, 5) is 42.8. The highest BCUT2D eigenvalue weighted by Crippen LogP contribution is 2.36. The summed E-state index contributed by atoms with van der Waals surface area (Å²) in [6, 6.07) is 0. The summed E-state index contributed by atoms with van der Waals surface area (Å²) in [7, 11) is -4.79. The lowest BCUT2D eigenvalue weighted by molar-refractivity contribution is -0.161. The van der Waals surface area contributed by atoms with Gasteiger partial charge in [-0.15, -0.1) is 0 Å². The molecular weight excluding hydrogens is 691 g/mol. The van der Waals surface area contributed by atoms with Gasteiger partial charge in [0.2, 0.25) is 0 Å². The first kappa shape index (κ1) is 50.7. The van der Waals surface area contributed by atoms with Crippen LogP contribution < -0.4 is 0 Å². The second-order valence-electron chi connectivity index (χ2n) is 13.8. The maximum atomic E-state index is 12.4. The predicted molar refractivity (Wildman–Crippen MR) is 217 cm³/mol. The van der Waals surface area contributed by atoms with Crippen molar-refractivity contribution in [2.45, 2.75) is 187 Å². The molecule has 0 heterocycles. The highest BCUT2D eigenvalue weighted by Gasteiger charge is 2.22. The van der Waals surface area contributed by atoms with Crippen LogP contribution in [0.25, 0.3) is 0 Å². The van der Waals surface area contributed by atoms with Crippen molar-refractivity contribution in [3.63, 3.8) is 0 Å².